The van der Waals surface area contributed by atoms with Gasteiger partial charge in [-0.25, -0.2) is 0 Å². The molecule has 0 aliphatic carbocycles. The van der Waals surface area contributed by atoms with Gasteiger partial charge in [0.2, 0.25) is 5.91 Å². The molecule has 3 heteroatoms. The van der Waals surface area contributed by atoms with Crippen molar-refractivity contribution < 1.29 is 4.79 Å². The van der Waals surface area contributed by atoms with E-state index in [4.69, 9.17) is 11.6 Å². The minimum Gasteiger partial charge on any atom is -0.314 e. The summed E-state index contributed by atoms with van der Waals surface area (Å²) in [7, 11) is 1.79. The van der Waals surface area contributed by atoms with Gasteiger partial charge in [-0.1, -0.05) is 23.7 Å². The van der Waals surface area contributed by atoms with Crippen LogP contribution < -0.4 is 4.90 Å². The summed E-state index contributed by atoms with van der Waals surface area (Å²) in [6.45, 7) is 0. The summed E-state index contributed by atoms with van der Waals surface area (Å²) in [4.78, 5) is 13.3. The van der Waals surface area contributed by atoms with Crippen LogP contribution in [0.15, 0.2) is 18.2 Å². The van der Waals surface area contributed by atoms with Gasteiger partial charge in [-0.15, -0.1) is 0 Å². The number of carbonyl (C=O) groups is 1. The molecule has 0 radical (unpaired) electrons. The van der Waals surface area contributed by atoms with E-state index in [0.29, 0.717) is 11.4 Å². The molecule has 1 aliphatic rings. The van der Waals surface area contributed by atoms with E-state index >= 15 is 0 Å². The highest BCUT2D eigenvalue weighted by Gasteiger charge is 2.20. The van der Waals surface area contributed by atoms with Crippen LogP contribution in [0.1, 0.15) is 18.4 Å². The van der Waals surface area contributed by atoms with E-state index in [2.05, 4.69) is 0 Å². The Labute approximate surface area is 88.5 Å². The van der Waals surface area contributed by atoms with Gasteiger partial charge in [0, 0.05) is 13.5 Å². The summed E-state index contributed by atoms with van der Waals surface area (Å²) >= 11 is 6.08. The van der Waals surface area contributed by atoms with Gasteiger partial charge in [0.25, 0.3) is 0 Å². The van der Waals surface area contributed by atoms with Crippen molar-refractivity contribution in [3.8, 4) is 0 Å². The molecule has 0 fully saturated rings. The fourth-order valence-electron chi connectivity index (χ4n) is 1.86. The van der Waals surface area contributed by atoms with Crippen molar-refractivity contribution in [2.75, 3.05) is 11.9 Å². The van der Waals surface area contributed by atoms with Gasteiger partial charge in [0.05, 0.1) is 10.7 Å². The maximum atomic E-state index is 11.6. The number of fused-ring (bicyclic) bond motifs is 1. The first-order valence-electron chi connectivity index (χ1n) is 4.74. The number of rotatable bonds is 0. The molecule has 0 saturated heterocycles. The van der Waals surface area contributed by atoms with E-state index in [1.165, 1.54) is 5.56 Å². The molecule has 0 aromatic heterocycles. The molecule has 0 atom stereocenters. The fourth-order valence-corrected chi connectivity index (χ4v) is 2.18. The lowest BCUT2D eigenvalue weighted by Crippen LogP contribution is -2.25. The second-order valence-electron chi connectivity index (χ2n) is 3.55. The molecule has 0 spiro atoms. The average Bonchev–Trinajstić information content (AvgIpc) is 2.29. The largest absolute Gasteiger partial charge is 0.314 e. The smallest absolute Gasteiger partial charge is 0.226 e. The zero-order valence-corrected chi connectivity index (χ0v) is 8.84. The predicted molar refractivity (Wildman–Crippen MR) is 57.8 cm³/mol. The number of anilines is 1. The highest BCUT2D eigenvalue weighted by atomic mass is 35.5. The maximum Gasteiger partial charge on any atom is 0.226 e. The van der Waals surface area contributed by atoms with Crippen LogP contribution in [-0.2, 0) is 11.2 Å². The Hall–Kier alpha value is -1.02. The van der Waals surface area contributed by atoms with Gasteiger partial charge < -0.3 is 4.90 Å². The monoisotopic (exact) mass is 209 g/mol. The van der Waals surface area contributed by atoms with Crippen LogP contribution in [-0.4, -0.2) is 13.0 Å². The zero-order chi connectivity index (χ0) is 10.1. The summed E-state index contributed by atoms with van der Waals surface area (Å²) < 4.78 is 0. The molecule has 0 N–H and O–H groups in total. The lowest BCUT2D eigenvalue weighted by atomic mass is 10.1. The lowest BCUT2D eigenvalue weighted by Gasteiger charge is -2.18. The van der Waals surface area contributed by atoms with Crippen molar-refractivity contribution in [1.29, 1.82) is 0 Å². The maximum absolute atomic E-state index is 11.6. The third kappa shape index (κ3) is 1.50. The molecule has 14 heavy (non-hydrogen) atoms. The number of hydrogen-bond donors (Lipinski definition) is 0. The third-order valence-corrected chi connectivity index (χ3v) is 2.92. The zero-order valence-electron chi connectivity index (χ0n) is 8.09. The van der Waals surface area contributed by atoms with Crippen molar-refractivity contribution in [2.24, 2.45) is 0 Å². The molecular formula is C11H12ClNO. The summed E-state index contributed by atoms with van der Waals surface area (Å²) in [5.41, 5.74) is 2.06. The quantitative estimate of drug-likeness (QED) is 0.643. The molecule has 2 nitrogen and oxygen atoms in total. The van der Waals surface area contributed by atoms with Crippen molar-refractivity contribution in [1.82, 2.24) is 0 Å². The van der Waals surface area contributed by atoms with Crippen molar-refractivity contribution in [3.63, 3.8) is 0 Å². The Morgan fingerprint density at radius 1 is 1.36 bits per heavy atom. The second-order valence-corrected chi connectivity index (χ2v) is 3.96. The molecule has 1 aromatic rings. The highest BCUT2D eigenvalue weighted by Crippen LogP contribution is 2.32. The van der Waals surface area contributed by atoms with Crippen molar-refractivity contribution in [2.45, 2.75) is 19.3 Å². The van der Waals surface area contributed by atoms with E-state index in [0.717, 1.165) is 18.5 Å². The summed E-state index contributed by atoms with van der Waals surface area (Å²) in [6.07, 6.45) is 2.46. The summed E-state index contributed by atoms with van der Waals surface area (Å²) in [5, 5.41) is 0.667. The van der Waals surface area contributed by atoms with E-state index in [9.17, 15) is 4.79 Å². The van der Waals surface area contributed by atoms with E-state index < -0.39 is 0 Å². The number of aryl methyl sites for hydroxylation is 1. The van der Waals surface area contributed by atoms with Crippen molar-refractivity contribution >= 4 is 23.2 Å². The number of hydrogen-bond acceptors (Lipinski definition) is 1. The Balaban J connectivity index is 2.55. The third-order valence-electron chi connectivity index (χ3n) is 2.62. The minimum atomic E-state index is 0.150. The highest BCUT2D eigenvalue weighted by molar-refractivity contribution is 6.34. The predicted octanol–water partition coefficient (Wildman–Crippen LogP) is 2.64. The number of benzene rings is 1. The average molecular weight is 210 g/mol. The Bertz CT molecular complexity index is 376. The lowest BCUT2D eigenvalue weighted by molar-refractivity contribution is -0.118. The Kier molecular flexibility index (Phi) is 2.46. The molecule has 74 valence electrons. The van der Waals surface area contributed by atoms with Gasteiger partial charge in [-0.2, -0.15) is 0 Å². The van der Waals surface area contributed by atoms with Crippen LogP contribution in [0.5, 0.6) is 0 Å². The number of carbonyl (C=O) groups excluding carboxylic acids is 1. The van der Waals surface area contributed by atoms with Crippen LogP contribution in [0.2, 0.25) is 5.02 Å². The summed E-state index contributed by atoms with van der Waals surface area (Å²) in [5.74, 6) is 0.150. The van der Waals surface area contributed by atoms with E-state index in [-0.39, 0.29) is 5.91 Å². The SMILES string of the molecule is CN1C(=O)CCCc2cccc(Cl)c21. The van der Waals surface area contributed by atoms with Gasteiger partial charge in [-0.05, 0) is 24.5 Å². The molecule has 2 rings (SSSR count). The van der Waals surface area contributed by atoms with Gasteiger partial charge in [0.15, 0.2) is 0 Å². The van der Waals surface area contributed by atoms with Crippen LogP contribution in [0.3, 0.4) is 0 Å². The van der Waals surface area contributed by atoms with Gasteiger partial charge in [0.1, 0.15) is 0 Å². The Morgan fingerprint density at radius 3 is 2.93 bits per heavy atom. The first-order valence-corrected chi connectivity index (χ1v) is 5.12. The van der Waals surface area contributed by atoms with Gasteiger partial charge >= 0.3 is 0 Å². The van der Waals surface area contributed by atoms with Crippen LogP contribution >= 0.6 is 11.6 Å². The molecule has 1 aliphatic heterocycles. The minimum absolute atomic E-state index is 0.150. The second kappa shape index (κ2) is 3.62. The number of nitrogens with zero attached hydrogens (tertiary/aromatic N) is 1. The van der Waals surface area contributed by atoms with Crippen LogP contribution in [0.4, 0.5) is 5.69 Å². The van der Waals surface area contributed by atoms with E-state index in [1.54, 1.807) is 11.9 Å². The van der Waals surface area contributed by atoms with Crippen LogP contribution in [0.25, 0.3) is 0 Å². The molecule has 0 bridgehead atoms. The molecular weight excluding hydrogens is 198 g/mol. The van der Waals surface area contributed by atoms with Crippen molar-refractivity contribution in [3.05, 3.63) is 28.8 Å². The topological polar surface area (TPSA) is 20.3 Å². The molecule has 1 heterocycles. The molecule has 1 amide bonds. The first kappa shape index (κ1) is 9.53. The van der Waals surface area contributed by atoms with E-state index in [1.807, 2.05) is 18.2 Å². The fraction of sp³-hybridized carbons (Fsp3) is 0.364. The molecule has 1 aromatic carbocycles. The number of amides is 1. The first-order chi connectivity index (χ1) is 6.70. The van der Waals surface area contributed by atoms with Crippen LogP contribution in [0, 0.1) is 0 Å². The normalized spacial score (nSPS) is 16.4. The Morgan fingerprint density at radius 2 is 2.14 bits per heavy atom. The standard InChI is InChI=1S/C11H12ClNO/c1-13-10(14)7-3-5-8-4-2-6-9(12)11(8)13/h2,4,6H,3,5,7H2,1H3. The number of para-hydroxylation sites is 1. The van der Waals surface area contributed by atoms with Gasteiger partial charge in [-0.3, -0.25) is 4.79 Å². The summed E-state index contributed by atoms with van der Waals surface area (Å²) in [6, 6.07) is 5.80. The molecule has 0 saturated carbocycles. The molecule has 0 unspecified atom stereocenters. The number of halogens is 1.